The molecule has 1 unspecified atom stereocenters. The van der Waals surface area contributed by atoms with E-state index in [-0.39, 0.29) is 31.4 Å². The molecule has 1 aliphatic rings. The molecular weight excluding hydrogens is 1040 g/mol. The van der Waals surface area contributed by atoms with Crippen LogP contribution in [-0.4, -0.2) is 142 Å². The van der Waals surface area contributed by atoms with E-state index in [4.69, 9.17) is 29.4 Å². The molecule has 0 amide bonds. The van der Waals surface area contributed by atoms with E-state index in [0.717, 1.165) is 88.8 Å². The number of hydrogen-bond donors (Lipinski definition) is 10. The Bertz CT molecular complexity index is 1800. The fraction of sp³-hybridized carbons (Fsp3) is 0.750. The zero-order valence-corrected chi connectivity index (χ0v) is 46.7. The number of thioether (sulfide) groups is 1. The Morgan fingerprint density at radius 1 is 0.627 bits per heavy atom. The predicted octanol–water partition coefficient (Wildman–Crippen LogP) is 7.94. The van der Waals surface area contributed by atoms with E-state index in [1.54, 1.807) is 24.3 Å². The molecule has 1 aliphatic carbocycles. The molecule has 0 aliphatic heterocycles. The smallest absolute Gasteiger partial charge is 0.472 e. The predicted molar refractivity (Wildman–Crippen MR) is 288 cm³/mol. The van der Waals surface area contributed by atoms with E-state index in [1.165, 1.54) is 44.9 Å². The van der Waals surface area contributed by atoms with Crippen LogP contribution >= 0.6 is 27.4 Å². The molecule has 11 atom stereocenters. The van der Waals surface area contributed by atoms with Gasteiger partial charge in [-0.05, 0) is 64.2 Å². The molecule has 0 aromatic heterocycles. The lowest BCUT2D eigenvalue weighted by Gasteiger charge is -2.43. The number of aliphatic carboxylic acids is 1. The van der Waals surface area contributed by atoms with Crippen molar-refractivity contribution in [1.29, 1.82) is 0 Å². The average Bonchev–Trinajstić information content (AvgIpc) is 3.35. The zero-order chi connectivity index (χ0) is 55.9. The highest BCUT2D eigenvalue weighted by Gasteiger charge is 2.54. The number of phosphoric ester groups is 2. The number of carboxylic acid groups (broad SMARTS) is 1. The molecule has 1 fully saturated rings. The van der Waals surface area contributed by atoms with Crippen LogP contribution in [0.5, 0.6) is 0 Å². The van der Waals surface area contributed by atoms with Crippen LogP contribution in [0.25, 0.3) is 0 Å². The van der Waals surface area contributed by atoms with Gasteiger partial charge < -0.3 is 60.5 Å². The Balaban J connectivity index is 2.98. The number of carbonyl (C=O) groups is 3. The van der Waals surface area contributed by atoms with Gasteiger partial charge >= 0.3 is 33.6 Å². The normalized spacial score (nSPS) is 22.1. The molecule has 1 saturated carbocycles. The monoisotopic (exact) mass is 1130 g/mol. The lowest BCUT2D eigenvalue weighted by molar-refractivity contribution is -0.216. The summed E-state index contributed by atoms with van der Waals surface area (Å²) < 4.78 is 50.1. The van der Waals surface area contributed by atoms with Gasteiger partial charge in [-0.25, -0.2) is 9.13 Å². The Morgan fingerprint density at radius 2 is 1.15 bits per heavy atom. The van der Waals surface area contributed by atoms with Crippen molar-refractivity contribution >= 4 is 45.3 Å². The first-order valence-corrected chi connectivity index (χ1v) is 30.8. The molecule has 0 aromatic carbocycles. The Labute approximate surface area is 449 Å². The number of rotatable bonds is 45. The van der Waals surface area contributed by atoms with Crippen LogP contribution in [0.1, 0.15) is 168 Å². The number of unbranched alkanes of at least 4 members (excludes halogenated alkanes) is 16. The van der Waals surface area contributed by atoms with Gasteiger partial charge in [0.25, 0.3) is 0 Å². The lowest BCUT2D eigenvalue weighted by Crippen LogP contribution is -2.64. The maximum Gasteiger partial charge on any atom is 0.472 e. The van der Waals surface area contributed by atoms with Crippen LogP contribution in [0.15, 0.2) is 60.8 Å². The number of allylic oxidation sites excluding steroid dienone is 9. The number of carboxylic acids is 1. The van der Waals surface area contributed by atoms with Gasteiger partial charge in [-0.15, -0.1) is 11.8 Å². The van der Waals surface area contributed by atoms with E-state index in [9.17, 15) is 63.7 Å². The Kier molecular flexibility index (Phi) is 39.8. The highest BCUT2D eigenvalue weighted by molar-refractivity contribution is 8.00. The van der Waals surface area contributed by atoms with Gasteiger partial charge in [0.1, 0.15) is 49.3 Å². The van der Waals surface area contributed by atoms with Gasteiger partial charge in [0.2, 0.25) is 0 Å². The van der Waals surface area contributed by atoms with Crippen molar-refractivity contribution in [2.75, 3.05) is 19.0 Å². The maximum absolute atomic E-state index is 13.4. The van der Waals surface area contributed by atoms with Gasteiger partial charge in [0.05, 0.1) is 12.7 Å². The fourth-order valence-corrected chi connectivity index (χ4v) is 10.4. The van der Waals surface area contributed by atoms with Crippen LogP contribution in [-0.2, 0) is 46.6 Å². The van der Waals surface area contributed by atoms with E-state index in [1.807, 2.05) is 12.2 Å². The third-order valence-corrected chi connectivity index (χ3v) is 15.0. The highest BCUT2D eigenvalue weighted by atomic mass is 32.2. The van der Waals surface area contributed by atoms with Gasteiger partial charge in [0.15, 0.2) is 6.10 Å². The topological polar surface area (TPSA) is 340 Å². The summed E-state index contributed by atoms with van der Waals surface area (Å²) in [5.74, 6) is -2.94. The summed E-state index contributed by atoms with van der Waals surface area (Å²) in [7, 11) is -11.0. The Hall–Kier alpha value is -2.56. The molecular formula is C52H91NO19P2S. The summed E-state index contributed by atoms with van der Waals surface area (Å²) in [5, 5.41) is 60.7. The van der Waals surface area contributed by atoms with Crippen molar-refractivity contribution in [3.63, 3.8) is 0 Å². The summed E-state index contributed by atoms with van der Waals surface area (Å²) in [6.45, 7) is 2.63. The number of esters is 2. The molecule has 0 bridgehead atoms. The van der Waals surface area contributed by atoms with Gasteiger partial charge in [-0.2, -0.15) is 0 Å². The molecule has 1 rings (SSSR count). The third kappa shape index (κ3) is 35.5. The summed E-state index contributed by atoms with van der Waals surface area (Å²) in [4.78, 5) is 66.8. The number of phosphoric acid groups is 2. The molecule has 0 saturated heterocycles. The summed E-state index contributed by atoms with van der Waals surface area (Å²) in [5.41, 5.74) is 6.22. The first-order chi connectivity index (χ1) is 35.7. The summed E-state index contributed by atoms with van der Waals surface area (Å²) in [6, 6.07) is -1.40. The second-order valence-corrected chi connectivity index (χ2v) is 22.6. The minimum atomic E-state index is -5.52. The van der Waals surface area contributed by atoms with Crippen LogP contribution in [0.4, 0.5) is 0 Å². The molecule has 434 valence electrons. The number of ether oxygens (including phenoxy) is 2. The standard InChI is InChI=1S/C52H91NO19P2S/c1-3-5-7-9-11-13-15-17-18-19-20-21-23-25-27-29-31-36-45(57)68-37-40(38-69-74(66,67)72-51-49(61)47(59)46(58)48(60)50(51)71-73(63,64)65)70-52(62)41(53)39-75-43(42(54)33-32-35-44(55)56)34-30-28-26-24-22-16-14-12-10-8-6-4-2/h12,14,17-18,22,24,26,28,30,34,40-43,46-51,54,58-61H,3-11,13,15-16,19-21,23,25,27,29,31-33,35-39,53H2,1-2H3,(H,55,56)(H,66,67)(H2,63,64,65)/b14-12-,18-17-,24-22-,28-26+,34-30+/t40-,41+,42+,43-,46+,47+,48-,49-,50-,51+/m1/s1. The zero-order valence-electron chi connectivity index (χ0n) is 44.1. The van der Waals surface area contributed by atoms with Gasteiger partial charge in [0, 0.05) is 23.8 Å². The first-order valence-electron chi connectivity index (χ1n) is 26.8. The van der Waals surface area contributed by atoms with Crippen LogP contribution in [0.3, 0.4) is 0 Å². The van der Waals surface area contributed by atoms with Crippen molar-refractivity contribution < 1.29 is 91.9 Å². The number of carbonyl (C=O) groups excluding carboxylic acids is 2. The van der Waals surface area contributed by atoms with E-state index in [0.29, 0.717) is 6.42 Å². The van der Waals surface area contributed by atoms with Gasteiger partial charge in [-0.3, -0.25) is 28.0 Å². The molecule has 0 spiro atoms. The second-order valence-electron chi connectivity index (χ2n) is 18.8. The fourth-order valence-electron chi connectivity index (χ4n) is 7.73. The van der Waals surface area contributed by atoms with E-state index < -0.39 is 107 Å². The van der Waals surface area contributed by atoms with Crippen molar-refractivity contribution in [2.24, 2.45) is 5.73 Å². The van der Waals surface area contributed by atoms with Crippen LogP contribution < -0.4 is 5.73 Å². The van der Waals surface area contributed by atoms with Crippen LogP contribution in [0.2, 0.25) is 0 Å². The van der Waals surface area contributed by atoms with Gasteiger partial charge in [-0.1, -0.05) is 152 Å². The minimum absolute atomic E-state index is 0.00538. The largest absolute Gasteiger partial charge is 0.481 e. The second kappa shape index (κ2) is 42.4. The summed E-state index contributed by atoms with van der Waals surface area (Å²) >= 11 is 1.07. The lowest BCUT2D eigenvalue weighted by atomic mass is 9.85. The first kappa shape index (κ1) is 70.5. The third-order valence-electron chi connectivity index (χ3n) is 12.1. The van der Waals surface area contributed by atoms with Crippen molar-refractivity contribution in [3.05, 3.63) is 60.8 Å². The summed E-state index contributed by atoms with van der Waals surface area (Å²) in [6.07, 6.45) is 24.7. The van der Waals surface area contributed by atoms with Crippen molar-refractivity contribution in [1.82, 2.24) is 0 Å². The van der Waals surface area contributed by atoms with Crippen molar-refractivity contribution in [2.45, 2.75) is 228 Å². The Morgan fingerprint density at radius 3 is 1.73 bits per heavy atom. The SMILES string of the molecule is CCCCC/C=C\C\C=C/C=C/C=C/[C@@H](SC[C@H](N)C(=O)O[C@H](COC(=O)CCCCCCCCC/C=C\CCCCCCCC)COP(=O)(O)O[C@H]1[C@H](O)[C@@H](O)[C@H](O)[C@@H](O)[C@H]1OP(=O)(O)O)[C@@H](O)CCCC(=O)O. The molecule has 75 heavy (non-hydrogen) atoms. The molecule has 11 N–H and O–H groups in total. The van der Waals surface area contributed by atoms with Crippen LogP contribution in [0, 0.1) is 0 Å². The number of hydrogen-bond acceptors (Lipinski definition) is 17. The number of aliphatic hydroxyl groups excluding tert-OH is 5. The quantitative estimate of drug-likeness (QED) is 0.00909. The molecule has 0 heterocycles. The average molecular weight is 1130 g/mol. The molecule has 20 nitrogen and oxygen atoms in total. The highest BCUT2D eigenvalue weighted by Crippen LogP contribution is 2.50. The molecule has 0 radical (unpaired) electrons. The maximum atomic E-state index is 13.4. The molecule has 0 aromatic rings. The molecule has 23 heteroatoms. The number of nitrogens with two attached hydrogens (primary N) is 1. The van der Waals surface area contributed by atoms with Crippen molar-refractivity contribution in [3.8, 4) is 0 Å². The number of aliphatic hydroxyl groups is 5. The minimum Gasteiger partial charge on any atom is -0.481 e. The van der Waals surface area contributed by atoms with E-state index in [2.05, 4.69) is 42.7 Å². The van der Waals surface area contributed by atoms with E-state index >= 15 is 0 Å².